The molecule has 7 heteroatoms. The maximum absolute atomic E-state index is 11.8. The molecule has 1 aromatic heterocycles. The zero-order chi connectivity index (χ0) is 15.6. The fraction of sp³-hybridized carbons (Fsp3) is 0.400. The molecule has 1 heterocycles. The number of nitrogens with zero attached hydrogens (tertiary/aromatic N) is 2. The van der Waals surface area contributed by atoms with Crippen molar-refractivity contribution in [3.8, 4) is 0 Å². The second kappa shape index (κ2) is 9.42. The Labute approximate surface area is 138 Å². The molecule has 0 spiro atoms. The highest BCUT2D eigenvalue weighted by Gasteiger charge is 2.07. The van der Waals surface area contributed by atoms with Gasteiger partial charge in [0.1, 0.15) is 0 Å². The molecule has 0 aliphatic rings. The molecule has 2 rings (SSSR count). The van der Waals surface area contributed by atoms with E-state index in [0.717, 1.165) is 28.9 Å². The van der Waals surface area contributed by atoms with E-state index in [4.69, 9.17) is 0 Å². The van der Waals surface area contributed by atoms with Gasteiger partial charge >= 0.3 is 0 Å². The lowest BCUT2D eigenvalue weighted by Gasteiger charge is -2.04. The molecule has 2 N–H and O–H groups in total. The monoisotopic (exact) mass is 336 g/mol. The van der Waals surface area contributed by atoms with Crippen LogP contribution >= 0.6 is 23.1 Å². The molecule has 22 heavy (non-hydrogen) atoms. The van der Waals surface area contributed by atoms with Crippen LogP contribution in [-0.4, -0.2) is 34.9 Å². The fourth-order valence-corrected chi connectivity index (χ4v) is 3.48. The number of carbonyl (C=O) groups is 1. The first-order valence-electron chi connectivity index (χ1n) is 7.28. The number of amides is 1. The SMILES string of the molecule is CCNc1nnc(SCC(=O)NCCCc2ccccc2)s1. The maximum Gasteiger partial charge on any atom is 0.230 e. The summed E-state index contributed by atoms with van der Waals surface area (Å²) in [5, 5.41) is 14.9. The highest BCUT2D eigenvalue weighted by atomic mass is 32.2. The number of aryl methyl sites for hydroxylation is 1. The Morgan fingerprint density at radius 1 is 1.27 bits per heavy atom. The van der Waals surface area contributed by atoms with E-state index in [2.05, 4.69) is 33.0 Å². The minimum absolute atomic E-state index is 0.0401. The van der Waals surface area contributed by atoms with E-state index in [1.165, 1.54) is 28.7 Å². The van der Waals surface area contributed by atoms with Gasteiger partial charge in [0, 0.05) is 13.1 Å². The van der Waals surface area contributed by atoms with Crippen molar-refractivity contribution >= 4 is 34.1 Å². The summed E-state index contributed by atoms with van der Waals surface area (Å²) in [6, 6.07) is 10.3. The molecule has 0 fully saturated rings. The largest absolute Gasteiger partial charge is 0.360 e. The standard InChI is InChI=1S/C15H20N4OS2/c1-2-16-14-18-19-15(22-14)21-11-13(20)17-10-6-9-12-7-4-3-5-8-12/h3-5,7-8H,2,6,9-11H2,1H3,(H,16,18)(H,17,20). The van der Waals surface area contributed by atoms with Gasteiger partial charge in [0.2, 0.25) is 11.0 Å². The predicted octanol–water partition coefficient (Wildman–Crippen LogP) is 2.81. The van der Waals surface area contributed by atoms with Crippen LogP contribution in [-0.2, 0) is 11.2 Å². The lowest BCUT2D eigenvalue weighted by Crippen LogP contribution is -2.26. The third-order valence-corrected chi connectivity index (χ3v) is 4.88. The number of carbonyl (C=O) groups excluding carboxylic acids is 1. The summed E-state index contributed by atoms with van der Waals surface area (Å²) in [5.74, 6) is 0.421. The van der Waals surface area contributed by atoms with E-state index in [9.17, 15) is 4.79 Å². The van der Waals surface area contributed by atoms with Crippen molar-refractivity contribution < 1.29 is 4.79 Å². The van der Waals surface area contributed by atoms with Gasteiger partial charge in [0.25, 0.3) is 0 Å². The van der Waals surface area contributed by atoms with Crippen molar-refractivity contribution in [1.82, 2.24) is 15.5 Å². The van der Waals surface area contributed by atoms with Crippen molar-refractivity contribution in [2.75, 3.05) is 24.2 Å². The van der Waals surface area contributed by atoms with Crippen LogP contribution in [0.4, 0.5) is 5.13 Å². The Bertz CT molecular complexity index is 574. The molecule has 0 saturated heterocycles. The molecule has 0 bridgehead atoms. The number of nitrogens with one attached hydrogen (secondary N) is 2. The van der Waals surface area contributed by atoms with E-state index in [-0.39, 0.29) is 5.91 Å². The summed E-state index contributed by atoms with van der Waals surface area (Å²) in [4.78, 5) is 11.8. The molecule has 0 radical (unpaired) electrons. The van der Waals surface area contributed by atoms with Crippen molar-refractivity contribution in [2.45, 2.75) is 24.1 Å². The maximum atomic E-state index is 11.8. The van der Waals surface area contributed by atoms with Gasteiger partial charge in [-0.25, -0.2) is 0 Å². The fourth-order valence-electron chi connectivity index (χ4n) is 1.83. The highest BCUT2D eigenvalue weighted by molar-refractivity contribution is 8.01. The molecule has 118 valence electrons. The zero-order valence-electron chi connectivity index (χ0n) is 12.5. The molecular formula is C15H20N4OS2. The molecule has 1 aromatic carbocycles. The quantitative estimate of drug-likeness (QED) is 0.544. The average molecular weight is 336 g/mol. The Morgan fingerprint density at radius 2 is 2.09 bits per heavy atom. The smallest absolute Gasteiger partial charge is 0.230 e. The van der Waals surface area contributed by atoms with Gasteiger partial charge in [-0.1, -0.05) is 53.4 Å². The number of rotatable bonds is 9. The molecule has 0 aliphatic heterocycles. The molecule has 2 aromatic rings. The Kier molecular flexibility index (Phi) is 7.18. The molecule has 1 amide bonds. The minimum atomic E-state index is 0.0401. The highest BCUT2D eigenvalue weighted by Crippen LogP contribution is 2.24. The van der Waals surface area contributed by atoms with E-state index in [1.54, 1.807) is 0 Å². The molecular weight excluding hydrogens is 316 g/mol. The van der Waals surface area contributed by atoms with Crippen LogP contribution in [0.3, 0.4) is 0 Å². The number of hydrogen-bond donors (Lipinski definition) is 2. The molecule has 0 aliphatic carbocycles. The van der Waals surface area contributed by atoms with Gasteiger partial charge in [0.15, 0.2) is 4.34 Å². The minimum Gasteiger partial charge on any atom is -0.360 e. The predicted molar refractivity (Wildman–Crippen MR) is 92.6 cm³/mol. The van der Waals surface area contributed by atoms with Crippen LogP contribution in [0.15, 0.2) is 34.7 Å². The van der Waals surface area contributed by atoms with Crippen LogP contribution < -0.4 is 10.6 Å². The number of thioether (sulfide) groups is 1. The van der Waals surface area contributed by atoms with E-state index >= 15 is 0 Å². The van der Waals surface area contributed by atoms with Crippen LogP contribution in [0.1, 0.15) is 18.9 Å². The molecule has 5 nitrogen and oxygen atoms in total. The van der Waals surface area contributed by atoms with Crippen LogP contribution in [0.5, 0.6) is 0 Å². The van der Waals surface area contributed by atoms with Gasteiger partial charge < -0.3 is 10.6 Å². The zero-order valence-corrected chi connectivity index (χ0v) is 14.2. The van der Waals surface area contributed by atoms with Crippen LogP contribution in [0, 0.1) is 0 Å². The summed E-state index contributed by atoms with van der Waals surface area (Å²) in [5.41, 5.74) is 1.30. The first kappa shape index (κ1) is 16.8. The summed E-state index contributed by atoms with van der Waals surface area (Å²) in [6.45, 7) is 3.53. The van der Waals surface area contributed by atoms with Crippen LogP contribution in [0.25, 0.3) is 0 Å². The number of hydrogen-bond acceptors (Lipinski definition) is 6. The van der Waals surface area contributed by atoms with Gasteiger partial charge in [-0.3, -0.25) is 4.79 Å². The van der Waals surface area contributed by atoms with Crippen molar-refractivity contribution in [3.05, 3.63) is 35.9 Å². The molecule has 0 saturated carbocycles. The first-order chi connectivity index (χ1) is 10.8. The van der Waals surface area contributed by atoms with Gasteiger partial charge in [-0.15, -0.1) is 10.2 Å². The van der Waals surface area contributed by atoms with E-state index < -0.39 is 0 Å². The van der Waals surface area contributed by atoms with Gasteiger partial charge in [0.05, 0.1) is 5.75 Å². The van der Waals surface area contributed by atoms with E-state index in [0.29, 0.717) is 12.3 Å². The Balaban J connectivity index is 1.59. The normalized spacial score (nSPS) is 10.4. The third kappa shape index (κ3) is 6.03. The summed E-state index contributed by atoms with van der Waals surface area (Å²) < 4.78 is 0.815. The summed E-state index contributed by atoms with van der Waals surface area (Å²) in [7, 11) is 0. The van der Waals surface area contributed by atoms with Crippen molar-refractivity contribution in [1.29, 1.82) is 0 Å². The van der Waals surface area contributed by atoms with Crippen molar-refractivity contribution in [2.24, 2.45) is 0 Å². The number of aromatic nitrogens is 2. The lowest BCUT2D eigenvalue weighted by molar-refractivity contribution is -0.118. The molecule has 0 unspecified atom stereocenters. The van der Waals surface area contributed by atoms with E-state index in [1.807, 2.05) is 25.1 Å². The van der Waals surface area contributed by atoms with Crippen molar-refractivity contribution in [3.63, 3.8) is 0 Å². The van der Waals surface area contributed by atoms with Gasteiger partial charge in [-0.05, 0) is 25.3 Å². The third-order valence-electron chi connectivity index (χ3n) is 2.87. The second-order valence-electron chi connectivity index (χ2n) is 4.63. The number of anilines is 1. The second-order valence-corrected chi connectivity index (χ2v) is 6.83. The average Bonchev–Trinajstić information content (AvgIpc) is 2.99. The Morgan fingerprint density at radius 3 is 2.86 bits per heavy atom. The lowest BCUT2D eigenvalue weighted by atomic mass is 10.1. The topological polar surface area (TPSA) is 66.9 Å². The summed E-state index contributed by atoms with van der Waals surface area (Å²) >= 11 is 2.90. The number of benzene rings is 1. The van der Waals surface area contributed by atoms with Gasteiger partial charge in [-0.2, -0.15) is 0 Å². The summed E-state index contributed by atoms with van der Waals surface area (Å²) in [6.07, 6.45) is 1.93. The molecule has 0 atom stereocenters. The van der Waals surface area contributed by atoms with Crippen LogP contribution in [0.2, 0.25) is 0 Å². The first-order valence-corrected chi connectivity index (χ1v) is 9.09. The Hall–Kier alpha value is -1.60.